The maximum absolute atomic E-state index is 9.16. The molecule has 0 bridgehead atoms. The van der Waals surface area contributed by atoms with Gasteiger partial charge in [0.25, 0.3) is 0 Å². The van der Waals surface area contributed by atoms with Crippen molar-refractivity contribution in [2.45, 2.75) is 13.2 Å². The molecule has 0 radical (unpaired) electrons. The first kappa shape index (κ1) is 9.43. The molecule has 0 amide bonds. The van der Waals surface area contributed by atoms with Crippen LogP contribution in [0.1, 0.15) is 11.1 Å². The summed E-state index contributed by atoms with van der Waals surface area (Å²) < 4.78 is 5.66. The predicted octanol–water partition coefficient (Wildman–Crippen LogP) is 2.74. The number of para-hydroxylation sites is 1. The standard InChI is InChI=1S/C14H12O2/c15-8-10-5-6-11-9-16-14-4-2-1-3-12(14)13(11)7-10/h1-7,15H,8-9H2. The van der Waals surface area contributed by atoms with Gasteiger partial charge in [-0.3, -0.25) is 0 Å². The van der Waals surface area contributed by atoms with Gasteiger partial charge < -0.3 is 9.84 Å². The molecule has 0 saturated heterocycles. The number of hydrogen-bond acceptors (Lipinski definition) is 2. The molecular formula is C14H12O2. The summed E-state index contributed by atoms with van der Waals surface area (Å²) in [5, 5.41) is 9.16. The molecule has 0 saturated carbocycles. The van der Waals surface area contributed by atoms with Crippen LogP contribution in [0, 0.1) is 0 Å². The number of benzene rings is 2. The van der Waals surface area contributed by atoms with Crippen molar-refractivity contribution in [3.8, 4) is 16.9 Å². The van der Waals surface area contributed by atoms with E-state index in [-0.39, 0.29) is 6.61 Å². The Kier molecular flexibility index (Phi) is 2.15. The summed E-state index contributed by atoms with van der Waals surface area (Å²) in [6.07, 6.45) is 0. The first-order valence-corrected chi connectivity index (χ1v) is 5.33. The van der Waals surface area contributed by atoms with Gasteiger partial charge in [-0.05, 0) is 28.8 Å². The quantitative estimate of drug-likeness (QED) is 0.787. The average molecular weight is 212 g/mol. The van der Waals surface area contributed by atoms with Crippen molar-refractivity contribution in [1.29, 1.82) is 0 Å². The minimum atomic E-state index is 0.0797. The summed E-state index contributed by atoms with van der Waals surface area (Å²) in [6, 6.07) is 14.0. The molecule has 80 valence electrons. The van der Waals surface area contributed by atoms with Gasteiger partial charge in [0.15, 0.2) is 0 Å². The maximum atomic E-state index is 9.16. The molecule has 0 aromatic heterocycles. The molecule has 2 nitrogen and oxygen atoms in total. The van der Waals surface area contributed by atoms with E-state index in [0.717, 1.165) is 16.9 Å². The van der Waals surface area contributed by atoms with Gasteiger partial charge in [0.2, 0.25) is 0 Å². The maximum Gasteiger partial charge on any atom is 0.127 e. The minimum absolute atomic E-state index is 0.0797. The molecule has 2 aromatic rings. The van der Waals surface area contributed by atoms with Crippen LogP contribution in [-0.4, -0.2) is 5.11 Å². The van der Waals surface area contributed by atoms with Crippen LogP contribution in [-0.2, 0) is 13.2 Å². The molecule has 1 heterocycles. The second kappa shape index (κ2) is 3.65. The molecule has 0 unspecified atom stereocenters. The lowest BCUT2D eigenvalue weighted by atomic mass is 9.95. The van der Waals surface area contributed by atoms with Crippen LogP contribution in [0.15, 0.2) is 42.5 Å². The van der Waals surface area contributed by atoms with Crippen LogP contribution in [0.2, 0.25) is 0 Å². The zero-order chi connectivity index (χ0) is 11.0. The topological polar surface area (TPSA) is 29.5 Å². The molecule has 1 N–H and O–H groups in total. The smallest absolute Gasteiger partial charge is 0.127 e. The summed E-state index contributed by atoms with van der Waals surface area (Å²) in [6.45, 7) is 0.689. The van der Waals surface area contributed by atoms with E-state index in [1.165, 1.54) is 11.1 Å². The Morgan fingerprint density at radius 1 is 1.06 bits per heavy atom. The SMILES string of the molecule is OCc1ccc2c(c1)-c1ccccc1OC2. The minimum Gasteiger partial charge on any atom is -0.488 e. The van der Waals surface area contributed by atoms with Gasteiger partial charge >= 0.3 is 0 Å². The third kappa shape index (κ3) is 1.39. The molecule has 2 aromatic carbocycles. The summed E-state index contributed by atoms with van der Waals surface area (Å²) in [4.78, 5) is 0. The largest absolute Gasteiger partial charge is 0.488 e. The van der Waals surface area contributed by atoms with Gasteiger partial charge in [-0.15, -0.1) is 0 Å². The monoisotopic (exact) mass is 212 g/mol. The molecule has 0 atom stereocenters. The zero-order valence-corrected chi connectivity index (χ0v) is 8.81. The summed E-state index contributed by atoms with van der Waals surface area (Å²) in [5.41, 5.74) is 4.40. The average Bonchev–Trinajstić information content (AvgIpc) is 2.38. The predicted molar refractivity (Wildman–Crippen MR) is 62.1 cm³/mol. The van der Waals surface area contributed by atoms with Crippen molar-refractivity contribution < 1.29 is 9.84 Å². The van der Waals surface area contributed by atoms with E-state index in [1.54, 1.807) is 0 Å². The van der Waals surface area contributed by atoms with E-state index in [4.69, 9.17) is 9.84 Å². The molecule has 1 aliphatic rings. The van der Waals surface area contributed by atoms with Crippen LogP contribution >= 0.6 is 0 Å². The van der Waals surface area contributed by atoms with E-state index in [2.05, 4.69) is 6.07 Å². The number of aliphatic hydroxyl groups excluding tert-OH is 1. The molecular weight excluding hydrogens is 200 g/mol. The van der Waals surface area contributed by atoms with Gasteiger partial charge in [0.1, 0.15) is 12.4 Å². The first-order chi connectivity index (χ1) is 7.88. The number of rotatable bonds is 1. The zero-order valence-electron chi connectivity index (χ0n) is 8.81. The highest BCUT2D eigenvalue weighted by Gasteiger charge is 2.16. The van der Waals surface area contributed by atoms with Crippen molar-refractivity contribution in [3.05, 3.63) is 53.6 Å². The lowest BCUT2D eigenvalue weighted by molar-refractivity contribution is 0.281. The van der Waals surface area contributed by atoms with Crippen LogP contribution < -0.4 is 4.74 Å². The van der Waals surface area contributed by atoms with Gasteiger partial charge in [0, 0.05) is 5.56 Å². The Labute approximate surface area is 94.1 Å². The Hall–Kier alpha value is -1.80. The van der Waals surface area contributed by atoms with E-state index < -0.39 is 0 Å². The molecule has 0 aliphatic carbocycles. The fourth-order valence-corrected chi connectivity index (χ4v) is 2.07. The Balaban J connectivity index is 2.22. The van der Waals surface area contributed by atoms with Crippen LogP contribution in [0.25, 0.3) is 11.1 Å². The highest BCUT2D eigenvalue weighted by atomic mass is 16.5. The van der Waals surface area contributed by atoms with Crippen LogP contribution in [0.4, 0.5) is 0 Å². The summed E-state index contributed by atoms with van der Waals surface area (Å²) in [7, 11) is 0. The number of hydrogen-bond donors (Lipinski definition) is 1. The fraction of sp³-hybridized carbons (Fsp3) is 0.143. The molecule has 3 rings (SSSR count). The highest BCUT2D eigenvalue weighted by Crippen LogP contribution is 2.37. The summed E-state index contributed by atoms with van der Waals surface area (Å²) in [5.74, 6) is 0.921. The highest BCUT2D eigenvalue weighted by molar-refractivity contribution is 5.75. The molecule has 0 spiro atoms. The third-order valence-corrected chi connectivity index (χ3v) is 2.92. The fourth-order valence-electron chi connectivity index (χ4n) is 2.07. The van der Waals surface area contributed by atoms with Crippen molar-refractivity contribution in [3.63, 3.8) is 0 Å². The third-order valence-electron chi connectivity index (χ3n) is 2.92. The second-order valence-electron chi connectivity index (χ2n) is 3.93. The second-order valence-corrected chi connectivity index (χ2v) is 3.93. The van der Waals surface area contributed by atoms with Crippen molar-refractivity contribution in [2.24, 2.45) is 0 Å². The van der Waals surface area contributed by atoms with Gasteiger partial charge in [-0.1, -0.05) is 30.3 Å². The van der Waals surface area contributed by atoms with Gasteiger partial charge in [-0.2, -0.15) is 0 Å². The molecule has 1 aliphatic heterocycles. The van der Waals surface area contributed by atoms with Crippen molar-refractivity contribution >= 4 is 0 Å². The van der Waals surface area contributed by atoms with Gasteiger partial charge in [-0.25, -0.2) is 0 Å². The number of fused-ring (bicyclic) bond motifs is 3. The van der Waals surface area contributed by atoms with Crippen molar-refractivity contribution in [2.75, 3.05) is 0 Å². The molecule has 0 fully saturated rings. The van der Waals surface area contributed by atoms with Gasteiger partial charge in [0.05, 0.1) is 6.61 Å². The van der Waals surface area contributed by atoms with Crippen LogP contribution in [0.3, 0.4) is 0 Å². The lowest BCUT2D eigenvalue weighted by Gasteiger charge is -2.21. The van der Waals surface area contributed by atoms with E-state index >= 15 is 0 Å². The molecule has 16 heavy (non-hydrogen) atoms. The number of ether oxygens (including phenoxy) is 1. The normalized spacial score (nSPS) is 12.6. The van der Waals surface area contributed by atoms with E-state index in [0.29, 0.717) is 6.61 Å². The van der Waals surface area contributed by atoms with E-state index in [9.17, 15) is 0 Å². The Morgan fingerprint density at radius 3 is 2.81 bits per heavy atom. The lowest BCUT2D eigenvalue weighted by Crippen LogP contribution is -2.05. The van der Waals surface area contributed by atoms with Crippen molar-refractivity contribution in [1.82, 2.24) is 0 Å². The van der Waals surface area contributed by atoms with Crippen LogP contribution in [0.5, 0.6) is 5.75 Å². The first-order valence-electron chi connectivity index (χ1n) is 5.33. The molecule has 2 heteroatoms. The van der Waals surface area contributed by atoms with E-state index in [1.807, 2.05) is 36.4 Å². The number of aliphatic hydroxyl groups is 1. The summed E-state index contributed by atoms with van der Waals surface area (Å²) >= 11 is 0. The Morgan fingerprint density at radius 2 is 1.94 bits per heavy atom. The Bertz CT molecular complexity index is 532.